The van der Waals surface area contributed by atoms with Crippen LogP contribution in [0, 0.1) is 6.92 Å². The molecule has 1 unspecified atom stereocenters. The Morgan fingerprint density at radius 3 is 2.35 bits per heavy atom. The summed E-state index contributed by atoms with van der Waals surface area (Å²) in [5.41, 5.74) is 1.55. The molecule has 2 rings (SSSR count). The van der Waals surface area contributed by atoms with E-state index in [9.17, 15) is 5.11 Å². The Morgan fingerprint density at radius 1 is 1.12 bits per heavy atom. The molecule has 0 amide bonds. The lowest BCUT2D eigenvalue weighted by atomic mass is 10.1. The monoisotopic (exact) mass is 268 g/mol. The van der Waals surface area contributed by atoms with Crippen molar-refractivity contribution in [2.24, 2.45) is 0 Å². The summed E-state index contributed by atoms with van der Waals surface area (Å²) in [7, 11) is 0. The van der Waals surface area contributed by atoms with Gasteiger partial charge in [-0.1, -0.05) is 29.3 Å². The van der Waals surface area contributed by atoms with Gasteiger partial charge in [-0.2, -0.15) is 0 Å². The van der Waals surface area contributed by atoms with E-state index in [4.69, 9.17) is 23.2 Å². The van der Waals surface area contributed by atoms with Crippen LogP contribution in [0.15, 0.2) is 30.6 Å². The van der Waals surface area contributed by atoms with Gasteiger partial charge in [-0.25, -0.2) is 9.97 Å². The normalized spacial score (nSPS) is 12.5. The minimum atomic E-state index is -0.898. The predicted molar refractivity (Wildman–Crippen MR) is 67.3 cm³/mol. The van der Waals surface area contributed by atoms with Gasteiger partial charge in [0.15, 0.2) is 5.82 Å². The van der Waals surface area contributed by atoms with E-state index in [2.05, 4.69) is 9.97 Å². The van der Waals surface area contributed by atoms with Gasteiger partial charge >= 0.3 is 0 Å². The number of aromatic nitrogens is 2. The van der Waals surface area contributed by atoms with E-state index in [-0.39, 0.29) is 0 Å². The average Bonchev–Trinajstić information content (AvgIpc) is 2.33. The molecule has 1 aromatic carbocycles. The molecule has 1 atom stereocenters. The second-order valence-electron chi connectivity index (χ2n) is 3.69. The van der Waals surface area contributed by atoms with Crippen molar-refractivity contribution < 1.29 is 5.11 Å². The van der Waals surface area contributed by atoms with Gasteiger partial charge in [0.2, 0.25) is 0 Å². The minimum Gasteiger partial charge on any atom is -0.380 e. The predicted octanol–water partition coefficient (Wildman–Crippen LogP) is 3.17. The molecular weight excluding hydrogens is 259 g/mol. The fraction of sp³-hybridized carbons (Fsp3) is 0.167. The molecule has 17 heavy (non-hydrogen) atoms. The maximum Gasteiger partial charge on any atom is 0.161 e. The Labute approximate surface area is 109 Å². The highest BCUT2D eigenvalue weighted by Gasteiger charge is 2.14. The Morgan fingerprint density at radius 2 is 1.76 bits per heavy atom. The lowest BCUT2D eigenvalue weighted by Gasteiger charge is -2.10. The molecule has 0 spiro atoms. The number of nitrogens with zero attached hydrogens (tertiary/aromatic N) is 2. The zero-order chi connectivity index (χ0) is 12.4. The van der Waals surface area contributed by atoms with E-state index >= 15 is 0 Å². The molecule has 0 saturated carbocycles. The van der Waals surface area contributed by atoms with Crippen LogP contribution in [0.2, 0.25) is 10.0 Å². The molecule has 1 N–H and O–H groups in total. The number of rotatable bonds is 2. The maximum atomic E-state index is 10.1. The van der Waals surface area contributed by atoms with Gasteiger partial charge < -0.3 is 5.11 Å². The van der Waals surface area contributed by atoms with Crippen LogP contribution in [0.5, 0.6) is 0 Å². The summed E-state index contributed by atoms with van der Waals surface area (Å²) < 4.78 is 0. The summed E-state index contributed by atoms with van der Waals surface area (Å²) in [5.74, 6) is 0.342. The van der Waals surface area contributed by atoms with Crippen LogP contribution in [0.3, 0.4) is 0 Å². The van der Waals surface area contributed by atoms with E-state index in [0.29, 0.717) is 21.4 Å². The van der Waals surface area contributed by atoms with E-state index < -0.39 is 6.10 Å². The summed E-state index contributed by atoms with van der Waals surface area (Å²) >= 11 is 11.7. The summed E-state index contributed by atoms with van der Waals surface area (Å²) in [5, 5.41) is 10.9. The summed E-state index contributed by atoms with van der Waals surface area (Å²) in [6.07, 6.45) is 2.41. The molecule has 0 aliphatic carbocycles. The number of aryl methyl sites for hydroxylation is 1. The molecule has 0 aliphatic rings. The number of aliphatic hydroxyl groups is 1. The van der Waals surface area contributed by atoms with Crippen LogP contribution < -0.4 is 0 Å². The van der Waals surface area contributed by atoms with Crippen molar-refractivity contribution in [2.45, 2.75) is 13.0 Å². The van der Waals surface area contributed by atoms with Gasteiger partial charge in [0, 0.05) is 12.4 Å². The summed E-state index contributed by atoms with van der Waals surface area (Å²) in [6.45, 7) is 1.88. The topological polar surface area (TPSA) is 46.0 Å². The molecule has 1 aromatic heterocycles. The molecule has 0 aliphatic heterocycles. The van der Waals surface area contributed by atoms with E-state index in [1.807, 2.05) is 6.92 Å². The number of hydrogen-bond donors (Lipinski definition) is 1. The highest BCUT2D eigenvalue weighted by Crippen LogP contribution is 2.27. The summed E-state index contributed by atoms with van der Waals surface area (Å²) in [6, 6.07) is 4.94. The SMILES string of the molecule is Cc1cnc(C(O)c2ccc(Cl)c(Cl)c2)nc1. The number of benzene rings is 1. The largest absolute Gasteiger partial charge is 0.380 e. The number of aliphatic hydroxyl groups excluding tert-OH is 1. The van der Waals surface area contributed by atoms with Crippen molar-refractivity contribution in [1.29, 1.82) is 0 Å². The van der Waals surface area contributed by atoms with Crippen LogP contribution in [-0.2, 0) is 0 Å². The lowest BCUT2D eigenvalue weighted by Crippen LogP contribution is -2.05. The molecule has 1 heterocycles. The second-order valence-corrected chi connectivity index (χ2v) is 4.51. The first-order valence-electron chi connectivity index (χ1n) is 4.99. The quantitative estimate of drug-likeness (QED) is 0.910. The highest BCUT2D eigenvalue weighted by molar-refractivity contribution is 6.42. The van der Waals surface area contributed by atoms with Crippen molar-refractivity contribution in [3.8, 4) is 0 Å². The molecular formula is C12H10Cl2N2O. The van der Waals surface area contributed by atoms with Crippen LogP contribution >= 0.6 is 23.2 Å². The van der Waals surface area contributed by atoms with Crippen LogP contribution in [0.25, 0.3) is 0 Å². The third kappa shape index (κ3) is 2.75. The third-order valence-electron chi connectivity index (χ3n) is 2.30. The standard InChI is InChI=1S/C12H10Cl2N2O/c1-7-5-15-12(16-6-7)11(17)8-2-3-9(13)10(14)4-8/h2-6,11,17H,1H3. The van der Waals surface area contributed by atoms with Crippen molar-refractivity contribution in [3.63, 3.8) is 0 Å². The second kappa shape index (κ2) is 5.00. The molecule has 3 nitrogen and oxygen atoms in total. The first kappa shape index (κ1) is 12.3. The van der Waals surface area contributed by atoms with Gasteiger partial charge in [-0.3, -0.25) is 0 Å². The first-order valence-corrected chi connectivity index (χ1v) is 5.75. The smallest absolute Gasteiger partial charge is 0.161 e. The van der Waals surface area contributed by atoms with Crippen LogP contribution in [0.4, 0.5) is 0 Å². The van der Waals surface area contributed by atoms with Crippen molar-refractivity contribution in [2.75, 3.05) is 0 Å². The fourth-order valence-electron chi connectivity index (χ4n) is 1.38. The Kier molecular flexibility index (Phi) is 3.62. The number of halogens is 2. The van der Waals surface area contributed by atoms with E-state index in [1.54, 1.807) is 30.6 Å². The molecule has 0 bridgehead atoms. The molecule has 0 fully saturated rings. The Bertz CT molecular complexity index is 529. The Hall–Kier alpha value is -1.16. The van der Waals surface area contributed by atoms with Crippen molar-refractivity contribution in [3.05, 3.63) is 57.6 Å². The van der Waals surface area contributed by atoms with Crippen molar-refractivity contribution >= 4 is 23.2 Å². The highest BCUT2D eigenvalue weighted by atomic mass is 35.5. The zero-order valence-electron chi connectivity index (χ0n) is 9.06. The van der Waals surface area contributed by atoms with Gasteiger partial charge in [-0.05, 0) is 30.2 Å². The van der Waals surface area contributed by atoms with Crippen LogP contribution in [0.1, 0.15) is 23.1 Å². The van der Waals surface area contributed by atoms with Gasteiger partial charge in [0.1, 0.15) is 6.10 Å². The van der Waals surface area contributed by atoms with Gasteiger partial charge in [0.25, 0.3) is 0 Å². The maximum absolute atomic E-state index is 10.1. The molecule has 0 radical (unpaired) electrons. The fourth-order valence-corrected chi connectivity index (χ4v) is 1.68. The zero-order valence-corrected chi connectivity index (χ0v) is 10.6. The van der Waals surface area contributed by atoms with E-state index in [1.165, 1.54) is 0 Å². The van der Waals surface area contributed by atoms with Crippen LogP contribution in [-0.4, -0.2) is 15.1 Å². The van der Waals surface area contributed by atoms with Gasteiger partial charge in [-0.15, -0.1) is 0 Å². The molecule has 88 valence electrons. The third-order valence-corrected chi connectivity index (χ3v) is 3.04. The van der Waals surface area contributed by atoms with Crippen molar-refractivity contribution in [1.82, 2.24) is 9.97 Å². The minimum absolute atomic E-state index is 0.342. The first-order chi connectivity index (χ1) is 8.08. The van der Waals surface area contributed by atoms with E-state index in [0.717, 1.165) is 5.56 Å². The average molecular weight is 269 g/mol. The molecule has 2 aromatic rings. The lowest BCUT2D eigenvalue weighted by molar-refractivity contribution is 0.209. The molecule has 0 saturated heterocycles. The van der Waals surface area contributed by atoms with Gasteiger partial charge in [0.05, 0.1) is 10.0 Å². The summed E-state index contributed by atoms with van der Waals surface area (Å²) in [4.78, 5) is 8.14. The molecule has 5 heteroatoms. The number of hydrogen-bond acceptors (Lipinski definition) is 3. The Balaban J connectivity index is 2.33.